The Morgan fingerprint density at radius 1 is 0.875 bits per heavy atom. The van der Waals surface area contributed by atoms with Crippen molar-refractivity contribution in [2.45, 2.75) is 143 Å². The first kappa shape index (κ1) is 48.8. The van der Waals surface area contributed by atoms with Gasteiger partial charge in [-0.15, -0.1) is 0 Å². The number of benzene rings is 1. The van der Waals surface area contributed by atoms with E-state index in [1.165, 1.54) is 14.2 Å². The maximum absolute atomic E-state index is 14.4. The minimum atomic E-state index is -0.887. The molecule has 1 unspecified atom stereocenters. The Bertz CT molecular complexity index is 1400. The van der Waals surface area contributed by atoms with Gasteiger partial charge in [-0.1, -0.05) is 85.2 Å². The number of rotatable bonds is 23. The fourth-order valence-electron chi connectivity index (χ4n) is 8.39. The molecule has 0 aromatic heterocycles. The molecule has 0 bridgehead atoms. The van der Waals surface area contributed by atoms with Crippen LogP contribution in [0.2, 0.25) is 0 Å². The Morgan fingerprint density at radius 2 is 1.50 bits per heavy atom. The lowest BCUT2D eigenvalue weighted by atomic mass is 9.83. The molecule has 0 spiro atoms. The van der Waals surface area contributed by atoms with Crippen molar-refractivity contribution in [1.29, 1.82) is 0 Å². The fourth-order valence-corrected chi connectivity index (χ4v) is 8.39. The maximum atomic E-state index is 14.4. The van der Waals surface area contributed by atoms with E-state index >= 15 is 0 Å². The normalized spacial score (nSPS) is 19.0. The van der Waals surface area contributed by atoms with E-state index < -0.39 is 42.1 Å². The van der Waals surface area contributed by atoms with E-state index in [0.29, 0.717) is 13.0 Å². The van der Waals surface area contributed by atoms with E-state index in [9.17, 15) is 24.0 Å². The van der Waals surface area contributed by atoms with Crippen molar-refractivity contribution in [3.05, 3.63) is 35.9 Å². The number of amides is 3. The highest BCUT2D eigenvalue weighted by molar-refractivity contribution is 5.90. The van der Waals surface area contributed by atoms with Crippen molar-refractivity contribution in [3.63, 3.8) is 0 Å². The molecule has 1 aliphatic heterocycles. The Morgan fingerprint density at radius 3 is 2.00 bits per heavy atom. The molecule has 2 rings (SSSR count). The van der Waals surface area contributed by atoms with Gasteiger partial charge in [0.25, 0.3) is 0 Å². The number of nitrogens with one attached hydrogen (secondary N) is 1. The number of hydrogen-bond acceptors (Lipinski definition) is 9. The Balaban J connectivity index is 2.30. The third-order valence-electron chi connectivity index (χ3n) is 12.1. The number of carbonyl (C=O) groups is 5. The molecule has 318 valence electrons. The van der Waals surface area contributed by atoms with Crippen LogP contribution in [0.3, 0.4) is 0 Å². The van der Waals surface area contributed by atoms with Gasteiger partial charge in [0.1, 0.15) is 6.04 Å². The van der Waals surface area contributed by atoms with Gasteiger partial charge in [-0.2, -0.15) is 0 Å². The van der Waals surface area contributed by atoms with Gasteiger partial charge in [-0.25, -0.2) is 4.79 Å². The lowest BCUT2D eigenvalue weighted by Crippen LogP contribution is -2.55. The summed E-state index contributed by atoms with van der Waals surface area (Å²) in [6.07, 6.45) is 1.30. The van der Waals surface area contributed by atoms with Gasteiger partial charge in [0, 0.05) is 52.6 Å². The first-order valence-corrected chi connectivity index (χ1v) is 20.6. The lowest BCUT2D eigenvalue weighted by molar-refractivity contribution is -0.150. The van der Waals surface area contributed by atoms with E-state index in [1.807, 2.05) is 65.1 Å². The minimum absolute atomic E-state index is 0.0100. The molecule has 0 saturated carbocycles. The summed E-state index contributed by atoms with van der Waals surface area (Å²) in [5.74, 6) is -2.35. The highest BCUT2D eigenvalue weighted by Crippen LogP contribution is 2.31. The van der Waals surface area contributed by atoms with Gasteiger partial charge in [-0.3, -0.25) is 24.1 Å². The largest absolute Gasteiger partial charge is 0.467 e. The molecule has 0 radical (unpaired) electrons. The second-order valence-corrected chi connectivity index (χ2v) is 16.8. The summed E-state index contributed by atoms with van der Waals surface area (Å²) in [6, 6.07) is 7.58. The Kier molecular flexibility index (Phi) is 20.2. The van der Waals surface area contributed by atoms with Crippen LogP contribution in [0.25, 0.3) is 0 Å². The van der Waals surface area contributed by atoms with E-state index in [1.54, 1.807) is 30.9 Å². The average molecular weight is 787 g/mol. The lowest BCUT2D eigenvalue weighted by Gasteiger charge is -2.41. The van der Waals surface area contributed by atoms with Crippen LogP contribution >= 0.6 is 0 Å². The predicted octanol–water partition coefficient (Wildman–Crippen LogP) is 5.40. The summed E-state index contributed by atoms with van der Waals surface area (Å²) in [4.78, 5) is 74.5. The quantitative estimate of drug-likeness (QED) is 0.145. The average Bonchev–Trinajstić information content (AvgIpc) is 3.65. The zero-order valence-electron chi connectivity index (χ0n) is 36.9. The van der Waals surface area contributed by atoms with Crippen molar-refractivity contribution < 1.29 is 38.2 Å². The molecule has 3 amide bonds. The SMILES string of the molecule is CC[C@H](C)[C@@H]([C@@H](CC(=O)N1CCCC1[C@H](OC)[C@@H](C)C(=O)N[C@@H](Cc1ccccc1)C(=O)OC)OC)N(C)C(=O)[C@@H](CC(=O)[C@H](C(C)C)N(C)C(C)C)C(C)C. The second kappa shape index (κ2) is 23.2. The summed E-state index contributed by atoms with van der Waals surface area (Å²) in [5.41, 5.74) is 0.880. The van der Waals surface area contributed by atoms with Crippen LogP contribution in [0.4, 0.5) is 0 Å². The number of methoxy groups -OCH3 is 3. The molecule has 9 atom stereocenters. The first-order valence-electron chi connectivity index (χ1n) is 20.6. The van der Waals surface area contributed by atoms with Gasteiger partial charge in [0.2, 0.25) is 17.7 Å². The van der Waals surface area contributed by atoms with Crippen LogP contribution in [0.15, 0.2) is 30.3 Å². The van der Waals surface area contributed by atoms with Crippen molar-refractivity contribution >= 4 is 29.5 Å². The minimum Gasteiger partial charge on any atom is -0.467 e. The van der Waals surface area contributed by atoms with Gasteiger partial charge in [0.15, 0.2) is 5.78 Å². The topological polar surface area (TPSA) is 135 Å². The molecule has 12 nitrogen and oxygen atoms in total. The number of likely N-dealkylation sites (tertiary alicyclic amines) is 1. The standard InChI is InChI=1S/C44H74N4O8/c1-15-30(8)40(47(11)43(52)33(27(2)3)25-36(49)39(28(4)5)46(10)29(6)7)37(54-12)26-38(50)48-23-19-22-35(48)41(55-13)31(9)42(51)45-34(44(53)56-14)24-32-20-17-16-18-21-32/h16-18,20-21,27-31,33-35,37,39-41H,15,19,22-26H2,1-14H3,(H,45,51)/t30-,31+,33-,34-,35?,37+,39-,40-,41+/m0/s1. The van der Waals surface area contributed by atoms with Gasteiger partial charge in [-0.05, 0) is 57.1 Å². The van der Waals surface area contributed by atoms with E-state index in [-0.39, 0.29) is 78.6 Å². The molecule has 1 saturated heterocycles. The molecule has 1 fully saturated rings. The smallest absolute Gasteiger partial charge is 0.328 e. The molecule has 12 heteroatoms. The molecule has 1 heterocycles. The zero-order valence-corrected chi connectivity index (χ0v) is 36.9. The fraction of sp³-hybridized carbons (Fsp3) is 0.750. The molecule has 1 aromatic carbocycles. The van der Waals surface area contributed by atoms with Crippen molar-refractivity contribution in [2.75, 3.05) is 42.0 Å². The summed E-state index contributed by atoms with van der Waals surface area (Å²) in [7, 11) is 8.14. The summed E-state index contributed by atoms with van der Waals surface area (Å²) in [6.45, 7) is 18.5. The number of carbonyl (C=O) groups excluding carboxylic acids is 5. The number of esters is 1. The van der Waals surface area contributed by atoms with Crippen LogP contribution in [-0.2, 0) is 44.6 Å². The van der Waals surface area contributed by atoms with Crippen LogP contribution < -0.4 is 5.32 Å². The number of hydrogen-bond donors (Lipinski definition) is 1. The van der Waals surface area contributed by atoms with Crippen molar-refractivity contribution in [3.8, 4) is 0 Å². The van der Waals surface area contributed by atoms with Gasteiger partial charge < -0.3 is 29.3 Å². The number of ether oxygens (including phenoxy) is 3. The molecular weight excluding hydrogens is 713 g/mol. The Labute approximate surface area is 337 Å². The van der Waals surface area contributed by atoms with Crippen LogP contribution in [0, 0.1) is 29.6 Å². The second-order valence-electron chi connectivity index (χ2n) is 16.8. The maximum Gasteiger partial charge on any atom is 0.328 e. The Hall–Kier alpha value is -3.35. The molecule has 56 heavy (non-hydrogen) atoms. The van der Waals surface area contributed by atoms with E-state index in [0.717, 1.165) is 18.4 Å². The van der Waals surface area contributed by atoms with Crippen molar-refractivity contribution in [1.82, 2.24) is 20.0 Å². The number of nitrogens with zero attached hydrogens (tertiary/aromatic N) is 3. The molecular formula is C44H74N4O8. The molecule has 1 aliphatic rings. The van der Waals surface area contributed by atoms with Gasteiger partial charge >= 0.3 is 5.97 Å². The van der Waals surface area contributed by atoms with Crippen LogP contribution in [-0.4, -0.2) is 129 Å². The van der Waals surface area contributed by atoms with E-state index in [2.05, 4.69) is 37.9 Å². The molecule has 0 aliphatic carbocycles. The third kappa shape index (κ3) is 12.8. The number of Topliss-reactive ketones (excluding diaryl/α,β-unsaturated/α-hetero) is 1. The van der Waals surface area contributed by atoms with Crippen LogP contribution in [0.1, 0.15) is 100.0 Å². The highest BCUT2D eigenvalue weighted by Gasteiger charge is 2.43. The summed E-state index contributed by atoms with van der Waals surface area (Å²) >= 11 is 0. The molecule has 1 aromatic rings. The monoisotopic (exact) mass is 787 g/mol. The number of ketones is 1. The summed E-state index contributed by atoms with van der Waals surface area (Å²) in [5, 5.41) is 2.87. The number of likely N-dealkylation sites (N-methyl/N-ethyl adjacent to an activating group) is 2. The summed E-state index contributed by atoms with van der Waals surface area (Å²) < 4.78 is 17.0. The van der Waals surface area contributed by atoms with Gasteiger partial charge in [0.05, 0.1) is 49.8 Å². The predicted molar refractivity (Wildman–Crippen MR) is 220 cm³/mol. The third-order valence-corrected chi connectivity index (χ3v) is 12.1. The van der Waals surface area contributed by atoms with E-state index in [4.69, 9.17) is 14.2 Å². The highest BCUT2D eigenvalue weighted by atomic mass is 16.5. The molecule has 1 N–H and O–H groups in total. The van der Waals surface area contributed by atoms with Crippen LogP contribution in [0.5, 0.6) is 0 Å². The zero-order chi connectivity index (χ0) is 42.4. The van der Waals surface area contributed by atoms with Crippen molar-refractivity contribution in [2.24, 2.45) is 29.6 Å². The first-order chi connectivity index (χ1) is 26.4.